The first-order valence-corrected chi connectivity index (χ1v) is 12.1. The highest BCUT2D eigenvalue weighted by Crippen LogP contribution is 2.23. The van der Waals surface area contributed by atoms with Crippen molar-refractivity contribution < 1.29 is 13.2 Å². The van der Waals surface area contributed by atoms with Gasteiger partial charge in [0.15, 0.2) is 9.84 Å². The molecule has 3 rings (SSSR count). The predicted octanol–water partition coefficient (Wildman–Crippen LogP) is 3.81. The monoisotopic (exact) mass is 403 g/mol. The SMILES string of the molecule is CSc1ccc(CCC(=O)N2CCCC2CS(=O)(=O)c2ccccc2)cc1. The standard InChI is InChI=1S/C21H25NO3S2/c1-26-19-12-9-17(10-13-19)11-14-21(23)22-15-5-6-18(22)16-27(24,25)20-7-3-2-4-8-20/h2-4,7-10,12-13,18H,5-6,11,14-16H2,1H3. The van der Waals surface area contributed by atoms with E-state index in [-0.39, 0.29) is 17.7 Å². The smallest absolute Gasteiger partial charge is 0.223 e. The Labute approximate surface area is 165 Å². The minimum Gasteiger partial charge on any atom is -0.339 e. The van der Waals surface area contributed by atoms with E-state index >= 15 is 0 Å². The zero-order chi connectivity index (χ0) is 19.3. The van der Waals surface area contributed by atoms with Crippen molar-refractivity contribution in [2.45, 2.75) is 41.5 Å². The molecule has 1 aliphatic heterocycles. The highest BCUT2D eigenvalue weighted by molar-refractivity contribution is 7.98. The molecule has 0 N–H and O–H groups in total. The summed E-state index contributed by atoms with van der Waals surface area (Å²) in [6.45, 7) is 0.652. The van der Waals surface area contributed by atoms with Crippen molar-refractivity contribution in [1.82, 2.24) is 4.90 Å². The van der Waals surface area contributed by atoms with Gasteiger partial charge < -0.3 is 4.90 Å². The molecule has 144 valence electrons. The first-order valence-electron chi connectivity index (χ1n) is 9.20. The number of rotatable bonds is 7. The van der Waals surface area contributed by atoms with Gasteiger partial charge in [0, 0.05) is 23.9 Å². The van der Waals surface area contributed by atoms with Gasteiger partial charge in [-0.1, -0.05) is 30.3 Å². The Kier molecular flexibility index (Phi) is 6.60. The molecule has 1 saturated heterocycles. The van der Waals surface area contributed by atoms with Gasteiger partial charge in [0.1, 0.15) is 0 Å². The molecule has 4 nitrogen and oxygen atoms in total. The number of carbonyl (C=O) groups excluding carboxylic acids is 1. The Balaban J connectivity index is 1.60. The summed E-state index contributed by atoms with van der Waals surface area (Å²) in [5, 5.41) is 0. The fourth-order valence-corrected chi connectivity index (χ4v) is 5.53. The van der Waals surface area contributed by atoms with Gasteiger partial charge in [-0.25, -0.2) is 8.42 Å². The van der Waals surface area contributed by atoms with Crippen molar-refractivity contribution in [1.29, 1.82) is 0 Å². The van der Waals surface area contributed by atoms with Crippen LogP contribution >= 0.6 is 11.8 Å². The number of aryl methyl sites for hydroxylation is 1. The minimum atomic E-state index is -3.38. The van der Waals surface area contributed by atoms with E-state index in [4.69, 9.17) is 0 Å². The lowest BCUT2D eigenvalue weighted by Gasteiger charge is -2.24. The Morgan fingerprint density at radius 2 is 1.81 bits per heavy atom. The molecular weight excluding hydrogens is 378 g/mol. The van der Waals surface area contributed by atoms with Crippen molar-refractivity contribution in [2.24, 2.45) is 0 Å². The first kappa shape index (κ1) is 20.0. The van der Waals surface area contributed by atoms with E-state index in [1.165, 1.54) is 4.90 Å². The van der Waals surface area contributed by atoms with Crippen LogP contribution in [0.5, 0.6) is 0 Å². The summed E-state index contributed by atoms with van der Waals surface area (Å²) in [4.78, 5) is 16.0. The van der Waals surface area contributed by atoms with Crippen LogP contribution in [0.25, 0.3) is 0 Å². The third-order valence-corrected chi connectivity index (χ3v) is 7.56. The minimum absolute atomic E-state index is 0.00513. The van der Waals surface area contributed by atoms with Crippen LogP contribution in [-0.4, -0.2) is 43.8 Å². The normalized spacial score (nSPS) is 17.2. The van der Waals surface area contributed by atoms with Crippen molar-refractivity contribution in [3.05, 3.63) is 60.2 Å². The van der Waals surface area contributed by atoms with E-state index in [9.17, 15) is 13.2 Å². The van der Waals surface area contributed by atoms with E-state index in [2.05, 4.69) is 24.3 Å². The fourth-order valence-electron chi connectivity index (χ4n) is 3.50. The zero-order valence-corrected chi connectivity index (χ0v) is 17.1. The van der Waals surface area contributed by atoms with Crippen molar-refractivity contribution >= 4 is 27.5 Å². The molecule has 27 heavy (non-hydrogen) atoms. The largest absolute Gasteiger partial charge is 0.339 e. The summed E-state index contributed by atoms with van der Waals surface area (Å²) >= 11 is 1.69. The molecule has 1 heterocycles. The molecule has 1 fully saturated rings. The summed E-state index contributed by atoms with van der Waals surface area (Å²) in [6.07, 6.45) is 4.75. The molecule has 1 aliphatic rings. The molecule has 2 aromatic rings. The second kappa shape index (κ2) is 8.93. The molecule has 0 spiro atoms. The number of carbonyl (C=O) groups is 1. The average Bonchev–Trinajstić information content (AvgIpc) is 3.14. The lowest BCUT2D eigenvalue weighted by molar-refractivity contribution is -0.131. The zero-order valence-electron chi connectivity index (χ0n) is 15.5. The predicted molar refractivity (Wildman–Crippen MR) is 110 cm³/mol. The van der Waals surface area contributed by atoms with Crippen LogP contribution in [0.2, 0.25) is 0 Å². The summed E-state index contributed by atoms with van der Waals surface area (Å²) in [6, 6.07) is 16.5. The number of hydrogen-bond donors (Lipinski definition) is 0. The molecule has 0 radical (unpaired) electrons. The molecule has 0 aromatic heterocycles. The summed E-state index contributed by atoms with van der Waals surface area (Å²) in [5.74, 6) is 0.0558. The van der Waals surface area contributed by atoms with Gasteiger partial charge >= 0.3 is 0 Å². The van der Waals surface area contributed by atoms with Gasteiger partial charge in [0.25, 0.3) is 0 Å². The van der Waals surface area contributed by atoms with Gasteiger partial charge in [0.2, 0.25) is 5.91 Å². The highest BCUT2D eigenvalue weighted by atomic mass is 32.2. The Hall–Kier alpha value is -1.79. The molecular formula is C21H25NO3S2. The third-order valence-electron chi connectivity index (χ3n) is 5.00. The highest BCUT2D eigenvalue weighted by Gasteiger charge is 2.32. The number of nitrogens with zero attached hydrogens (tertiary/aromatic N) is 1. The molecule has 1 atom stereocenters. The molecule has 1 amide bonds. The second-order valence-electron chi connectivity index (χ2n) is 6.83. The Bertz CT molecular complexity index is 864. The quantitative estimate of drug-likeness (QED) is 0.660. The summed E-state index contributed by atoms with van der Waals surface area (Å²) < 4.78 is 25.3. The van der Waals surface area contributed by atoms with Crippen molar-refractivity contribution in [2.75, 3.05) is 18.6 Å². The van der Waals surface area contributed by atoms with Crippen LogP contribution in [0.4, 0.5) is 0 Å². The van der Waals surface area contributed by atoms with E-state index < -0.39 is 9.84 Å². The van der Waals surface area contributed by atoms with Crippen LogP contribution in [0.15, 0.2) is 64.4 Å². The topological polar surface area (TPSA) is 54.5 Å². The summed E-state index contributed by atoms with van der Waals surface area (Å²) in [5.41, 5.74) is 1.13. The molecule has 0 saturated carbocycles. The fraction of sp³-hybridized carbons (Fsp3) is 0.381. The van der Waals surface area contributed by atoms with Gasteiger partial charge in [-0.2, -0.15) is 0 Å². The Morgan fingerprint density at radius 1 is 1.11 bits per heavy atom. The van der Waals surface area contributed by atoms with Gasteiger partial charge in [-0.3, -0.25) is 4.79 Å². The number of hydrogen-bond acceptors (Lipinski definition) is 4. The number of likely N-dealkylation sites (tertiary alicyclic amines) is 1. The molecule has 2 aromatic carbocycles. The van der Waals surface area contributed by atoms with Crippen molar-refractivity contribution in [3.63, 3.8) is 0 Å². The lowest BCUT2D eigenvalue weighted by atomic mass is 10.1. The maximum absolute atomic E-state index is 12.7. The third kappa shape index (κ3) is 5.14. The van der Waals surface area contributed by atoms with Gasteiger partial charge in [-0.05, 0) is 55.3 Å². The number of sulfone groups is 1. The number of benzene rings is 2. The number of amides is 1. The van der Waals surface area contributed by atoms with Crippen molar-refractivity contribution in [3.8, 4) is 0 Å². The lowest BCUT2D eigenvalue weighted by Crippen LogP contribution is -2.39. The maximum atomic E-state index is 12.7. The van der Waals surface area contributed by atoms with Crippen LogP contribution in [0.3, 0.4) is 0 Å². The second-order valence-corrected chi connectivity index (χ2v) is 9.74. The molecule has 0 aliphatic carbocycles. The maximum Gasteiger partial charge on any atom is 0.223 e. The van der Waals surface area contributed by atoms with Crippen LogP contribution in [0.1, 0.15) is 24.8 Å². The van der Waals surface area contributed by atoms with E-state index in [0.717, 1.165) is 18.4 Å². The molecule has 0 bridgehead atoms. The molecule has 1 unspecified atom stereocenters. The first-order chi connectivity index (χ1) is 13.0. The van der Waals surface area contributed by atoms with Crippen LogP contribution in [0, 0.1) is 0 Å². The van der Waals surface area contributed by atoms with Gasteiger partial charge in [-0.15, -0.1) is 11.8 Å². The average molecular weight is 404 g/mol. The van der Waals surface area contributed by atoms with Crippen LogP contribution in [-0.2, 0) is 21.1 Å². The Morgan fingerprint density at radius 3 is 2.48 bits per heavy atom. The van der Waals surface area contributed by atoms with E-state index in [1.54, 1.807) is 47.0 Å². The van der Waals surface area contributed by atoms with Gasteiger partial charge in [0.05, 0.1) is 10.6 Å². The van der Waals surface area contributed by atoms with E-state index in [1.807, 2.05) is 6.26 Å². The number of thioether (sulfide) groups is 1. The van der Waals surface area contributed by atoms with Crippen LogP contribution < -0.4 is 0 Å². The van der Waals surface area contributed by atoms with E-state index in [0.29, 0.717) is 24.3 Å². The molecule has 6 heteroatoms. The summed E-state index contributed by atoms with van der Waals surface area (Å²) in [7, 11) is -3.38.